The number of unbranched alkanes of at least 4 members (excludes halogenated alkanes) is 15. The topological polar surface area (TPSA) is 17.1 Å². The molecule has 1 saturated carbocycles. The van der Waals surface area contributed by atoms with Gasteiger partial charge in [0.15, 0.2) is 0 Å². The molecule has 0 spiro atoms. The van der Waals surface area contributed by atoms with Crippen molar-refractivity contribution in [2.45, 2.75) is 148 Å². The van der Waals surface area contributed by atoms with Crippen LogP contribution in [-0.4, -0.2) is 5.78 Å². The lowest BCUT2D eigenvalue weighted by atomic mass is 9.84. The lowest BCUT2D eigenvalue weighted by Crippen LogP contribution is -2.17. The highest BCUT2D eigenvalue weighted by Crippen LogP contribution is 2.26. The molecule has 1 aliphatic carbocycles. The van der Waals surface area contributed by atoms with E-state index in [0.717, 1.165) is 12.8 Å². The number of hydrogen-bond acceptors (Lipinski definition) is 1. The molecule has 0 amide bonds. The van der Waals surface area contributed by atoms with Crippen molar-refractivity contribution in [1.29, 1.82) is 0 Å². The van der Waals surface area contributed by atoms with Gasteiger partial charge in [0.2, 0.25) is 0 Å². The average molecular weight is 365 g/mol. The van der Waals surface area contributed by atoms with Crippen LogP contribution in [0.5, 0.6) is 0 Å². The molecule has 0 atom stereocenters. The Morgan fingerprint density at radius 2 is 0.962 bits per heavy atom. The average Bonchev–Trinajstić information content (AvgIpc) is 2.68. The minimum Gasteiger partial charge on any atom is -0.299 e. The summed E-state index contributed by atoms with van der Waals surface area (Å²) in [6, 6.07) is 0. The number of rotatable bonds is 18. The van der Waals surface area contributed by atoms with E-state index in [0.29, 0.717) is 11.7 Å². The van der Waals surface area contributed by atoms with Gasteiger partial charge in [0.1, 0.15) is 5.78 Å². The Balaban J connectivity index is 1.72. The van der Waals surface area contributed by atoms with Crippen LogP contribution in [0.4, 0.5) is 0 Å². The molecule has 154 valence electrons. The number of ketones is 1. The molecule has 0 aromatic heterocycles. The SMILES string of the molecule is CCCCCCCCCCCCCCCCCCC(=O)C1CCCCC1. The van der Waals surface area contributed by atoms with E-state index in [-0.39, 0.29) is 0 Å². The molecule has 0 aliphatic heterocycles. The predicted octanol–water partition coefficient (Wildman–Crippen LogP) is 8.79. The zero-order valence-corrected chi connectivity index (χ0v) is 18.0. The highest BCUT2D eigenvalue weighted by molar-refractivity contribution is 5.80. The third-order valence-corrected chi connectivity index (χ3v) is 6.34. The summed E-state index contributed by atoms with van der Waals surface area (Å²) in [6.45, 7) is 2.29. The molecule has 0 bridgehead atoms. The van der Waals surface area contributed by atoms with Crippen LogP contribution in [0.15, 0.2) is 0 Å². The fourth-order valence-electron chi connectivity index (χ4n) is 4.48. The van der Waals surface area contributed by atoms with E-state index >= 15 is 0 Å². The lowest BCUT2D eigenvalue weighted by Gasteiger charge is -2.20. The molecule has 26 heavy (non-hydrogen) atoms. The van der Waals surface area contributed by atoms with Crippen molar-refractivity contribution in [3.05, 3.63) is 0 Å². The molecule has 0 saturated heterocycles. The maximum absolute atomic E-state index is 12.1. The predicted molar refractivity (Wildman–Crippen MR) is 116 cm³/mol. The molecule has 0 aromatic rings. The van der Waals surface area contributed by atoms with E-state index in [1.54, 1.807) is 0 Å². The maximum atomic E-state index is 12.1. The molecule has 0 heterocycles. The first-order valence-electron chi connectivity index (χ1n) is 12.4. The van der Waals surface area contributed by atoms with Crippen molar-refractivity contribution in [2.75, 3.05) is 0 Å². The first-order chi connectivity index (χ1) is 12.8. The van der Waals surface area contributed by atoms with Gasteiger partial charge >= 0.3 is 0 Å². The summed E-state index contributed by atoms with van der Waals surface area (Å²) in [5, 5.41) is 0. The molecule has 0 unspecified atom stereocenters. The normalized spacial score (nSPS) is 15.4. The summed E-state index contributed by atoms with van der Waals surface area (Å²) < 4.78 is 0. The Kier molecular flexibility index (Phi) is 16.5. The molecule has 1 nitrogen and oxygen atoms in total. The maximum Gasteiger partial charge on any atom is 0.135 e. The Hall–Kier alpha value is -0.330. The number of hydrogen-bond donors (Lipinski definition) is 0. The third-order valence-electron chi connectivity index (χ3n) is 6.34. The standard InChI is InChI=1S/C25H48O/c1-2-3-4-5-6-7-8-9-10-11-12-13-14-15-16-20-23-25(26)24-21-18-17-19-22-24/h24H,2-23H2,1H3. The molecule has 1 heteroatoms. The smallest absolute Gasteiger partial charge is 0.135 e. The zero-order chi connectivity index (χ0) is 18.7. The summed E-state index contributed by atoms with van der Waals surface area (Å²) in [7, 11) is 0. The number of carbonyl (C=O) groups is 1. The molecule has 0 radical (unpaired) electrons. The largest absolute Gasteiger partial charge is 0.299 e. The Labute approximate surface area is 165 Å². The van der Waals surface area contributed by atoms with Gasteiger partial charge in [-0.1, -0.05) is 122 Å². The summed E-state index contributed by atoms with van der Waals surface area (Å²) in [6.07, 6.45) is 29.6. The van der Waals surface area contributed by atoms with Crippen LogP contribution in [0.3, 0.4) is 0 Å². The molecule has 1 fully saturated rings. The van der Waals surface area contributed by atoms with E-state index < -0.39 is 0 Å². The van der Waals surface area contributed by atoms with E-state index in [1.807, 2.05) is 0 Å². The summed E-state index contributed by atoms with van der Waals surface area (Å²) >= 11 is 0. The minimum atomic E-state index is 0.431. The van der Waals surface area contributed by atoms with Crippen LogP contribution in [0.2, 0.25) is 0 Å². The highest BCUT2D eigenvalue weighted by atomic mass is 16.1. The number of Topliss-reactive ketones (excluding diaryl/α,β-unsaturated/α-hetero) is 1. The third kappa shape index (κ3) is 13.8. The lowest BCUT2D eigenvalue weighted by molar-refractivity contribution is -0.123. The van der Waals surface area contributed by atoms with Gasteiger partial charge in [0.05, 0.1) is 0 Å². The molecular weight excluding hydrogens is 316 g/mol. The van der Waals surface area contributed by atoms with E-state index in [9.17, 15) is 4.79 Å². The molecule has 0 N–H and O–H groups in total. The van der Waals surface area contributed by atoms with Crippen molar-refractivity contribution in [3.8, 4) is 0 Å². The highest BCUT2D eigenvalue weighted by Gasteiger charge is 2.19. The van der Waals surface area contributed by atoms with Gasteiger partial charge in [-0.3, -0.25) is 4.79 Å². The molecule has 1 aliphatic rings. The van der Waals surface area contributed by atoms with Gasteiger partial charge in [-0.15, -0.1) is 0 Å². The molecule has 1 rings (SSSR count). The monoisotopic (exact) mass is 364 g/mol. The quantitative estimate of drug-likeness (QED) is 0.222. The van der Waals surface area contributed by atoms with Crippen LogP contribution < -0.4 is 0 Å². The van der Waals surface area contributed by atoms with Gasteiger partial charge < -0.3 is 0 Å². The van der Waals surface area contributed by atoms with Crippen molar-refractivity contribution < 1.29 is 4.79 Å². The van der Waals surface area contributed by atoms with Crippen LogP contribution in [0.25, 0.3) is 0 Å². The fraction of sp³-hybridized carbons (Fsp3) is 0.960. The summed E-state index contributed by atoms with van der Waals surface area (Å²) in [5.74, 6) is 1.01. The van der Waals surface area contributed by atoms with Gasteiger partial charge in [-0.25, -0.2) is 0 Å². The summed E-state index contributed by atoms with van der Waals surface area (Å²) in [5.41, 5.74) is 0. The van der Waals surface area contributed by atoms with E-state index in [4.69, 9.17) is 0 Å². The zero-order valence-electron chi connectivity index (χ0n) is 18.0. The summed E-state index contributed by atoms with van der Waals surface area (Å²) in [4.78, 5) is 12.1. The molecular formula is C25H48O. The second-order valence-corrected chi connectivity index (χ2v) is 8.85. The van der Waals surface area contributed by atoms with Crippen LogP contribution >= 0.6 is 0 Å². The van der Waals surface area contributed by atoms with Gasteiger partial charge in [0, 0.05) is 12.3 Å². The Morgan fingerprint density at radius 3 is 1.38 bits per heavy atom. The Bertz CT molecular complexity index is 303. The molecule has 0 aromatic carbocycles. The number of carbonyl (C=O) groups excluding carboxylic acids is 1. The first-order valence-corrected chi connectivity index (χ1v) is 12.4. The minimum absolute atomic E-state index is 0.431. The van der Waals surface area contributed by atoms with Crippen molar-refractivity contribution in [1.82, 2.24) is 0 Å². The Morgan fingerprint density at radius 1 is 0.577 bits per heavy atom. The van der Waals surface area contributed by atoms with Gasteiger partial charge in [-0.2, -0.15) is 0 Å². The van der Waals surface area contributed by atoms with Crippen LogP contribution in [-0.2, 0) is 4.79 Å². The second-order valence-electron chi connectivity index (χ2n) is 8.85. The fourth-order valence-corrected chi connectivity index (χ4v) is 4.48. The van der Waals surface area contributed by atoms with Crippen molar-refractivity contribution >= 4 is 5.78 Å². The van der Waals surface area contributed by atoms with Crippen molar-refractivity contribution in [2.24, 2.45) is 5.92 Å². The van der Waals surface area contributed by atoms with Crippen LogP contribution in [0.1, 0.15) is 148 Å². The van der Waals surface area contributed by atoms with E-state index in [1.165, 1.54) is 128 Å². The van der Waals surface area contributed by atoms with Gasteiger partial charge in [0.25, 0.3) is 0 Å². The van der Waals surface area contributed by atoms with Crippen LogP contribution in [0, 0.1) is 5.92 Å². The van der Waals surface area contributed by atoms with Gasteiger partial charge in [-0.05, 0) is 19.3 Å². The first kappa shape index (κ1) is 23.7. The second kappa shape index (κ2) is 18.1. The van der Waals surface area contributed by atoms with E-state index in [2.05, 4.69) is 6.92 Å². The van der Waals surface area contributed by atoms with Crippen molar-refractivity contribution in [3.63, 3.8) is 0 Å².